The van der Waals surface area contributed by atoms with Gasteiger partial charge in [0.15, 0.2) is 0 Å². The molecule has 0 aromatic heterocycles. The Balaban J connectivity index is 3.22. The van der Waals surface area contributed by atoms with Crippen LogP contribution in [0.25, 0.3) is 0 Å². The Morgan fingerprint density at radius 3 is 2.71 bits per heavy atom. The molecule has 1 amide bonds. The second-order valence-corrected chi connectivity index (χ2v) is 3.46. The maximum atomic E-state index is 10.9. The fraction of sp³-hybridized carbons (Fsp3) is 0.300. The lowest BCUT2D eigenvalue weighted by atomic mass is 10.1. The minimum Gasteiger partial charge on any atom is -0.392 e. The number of carbonyl (C=O) groups is 1. The first kappa shape index (κ1) is 11.0. The van der Waals surface area contributed by atoms with E-state index in [-0.39, 0.29) is 12.5 Å². The van der Waals surface area contributed by atoms with Gasteiger partial charge >= 0.3 is 0 Å². The topological polar surface area (TPSA) is 49.3 Å². The second kappa shape index (κ2) is 4.44. The fourth-order valence-corrected chi connectivity index (χ4v) is 1.46. The van der Waals surface area contributed by atoms with Crippen molar-refractivity contribution in [2.45, 2.75) is 20.5 Å². The summed E-state index contributed by atoms with van der Waals surface area (Å²) in [4.78, 5) is 10.9. The van der Waals surface area contributed by atoms with Crippen molar-refractivity contribution in [2.24, 2.45) is 0 Å². The fourth-order valence-electron chi connectivity index (χ4n) is 1.24. The number of carbonyl (C=O) groups excluding carboxylic acids is 1. The molecular weight excluding hydrogens is 202 g/mol. The zero-order valence-corrected chi connectivity index (χ0v) is 8.85. The molecule has 0 spiro atoms. The summed E-state index contributed by atoms with van der Waals surface area (Å²) in [5, 5.41) is 12.2. The quantitative estimate of drug-likeness (QED) is 0.791. The minimum absolute atomic E-state index is 0.176. The minimum atomic E-state index is -0.184. The van der Waals surface area contributed by atoms with E-state index in [4.69, 9.17) is 16.7 Å². The molecule has 1 aromatic rings. The van der Waals surface area contributed by atoms with E-state index in [1.54, 1.807) is 12.1 Å². The molecule has 0 aliphatic carbocycles. The zero-order chi connectivity index (χ0) is 10.7. The van der Waals surface area contributed by atoms with Gasteiger partial charge in [-0.05, 0) is 18.6 Å². The number of hydrogen-bond acceptors (Lipinski definition) is 2. The first-order valence-electron chi connectivity index (χ1n) is 4.22. The zero-order valence-electron chi connectivity index (χ0n) is 8.10. The predicted molar refractivity (Wildman–Crippen MR) is 56.4 cm³/mol. The van der Waals surface area contributed by atoms with E-state index in [9.17, 15) is 4.79 Å². The molecule has 0 atom stereocenters. The van der Waals surface area contributed by atoms with Crippen molar-refractivity contribution < 1.29 is 9.90 Å². The average molecular weight is 214 g/mol. The van der Waals surface area contributed by atoms with Gasteiger partial charge < -0.3 is 10.4 Å². The number of rotatable bonds is 2. The van der Waals surface area contributed by atoms with Crippen LogP contribution in [0.3, 0.4) is 0 Å². The molecule has 3 nitrogen and oxygen atoms in total. The molecule has 0 saturated carbocycles. The maximum Gasteiger partial charge on any atom is 0.221 e. The summed E-state index contributed by atoms with van der Waals surface area (Å²) in [5.74, 6) is -0.176. The third-order valence-corrected chi connectivity index (χ3v) is 2.28. The molecule has 2 N–H and O–H groups in total. The maximum absolute atomic E-state index is 10.9. The molecule has 0 aliphatic heterocycles. The third-order valence-electron chi connectivity index (χ3n) is 1.92. The summed E-state index contributed by atoms with van der Waals surface area (Å²) in [5.41, 5.74) is 2.04. The van der Waals surface area contributed by atoms with Crippen molar-refractivity contribution in [3.8, 4) is 0 Å². The van der Waals surface area contributed by atoms with Gasteiger partial charge in [-0.15, -0.1) is 0 Å². The van der Waals surface area contributed by atoms with Crippen molar-refractivity contribution >= 4 is 23.2 Å². The molecular formula is C10H12ClNO2. The van der Waals surface area contributed by atoms with Crippen molar-refractivity contribution in [2.75, 3.05) is 5.32 Å². The van der Waals surface area contributed by atoms with Crippen molar-refractivity contribution in [1.82, 2.24) is 0 Å². The molecule has 0 saturated heterocycles. The second-order valence-electron chi connectivity index (χ2n) is 3.06. The van der Waals surface area contributed by atoms with Crippen LogP contribution in [0.5, 0.6) is 0 Å². The van der Waals surface area contributed by atoms with Crippen molar-refractivity contribution in [1.29, 1.82) is 0 Å². The molecule has 0 aliphatic rings. The Morgan fingerprint density at radius 1 is 1.57 bits per heavy atom. The monoisotopic (exact) mass is 213 g/mol. The highest BCUT2D eigenvalue weighted by Crippen LogP contribution is 2.27. The molecule has 0 bridgehead atoms. The van der Waals surface area contributed by atoms with Crippen molar-refractivity contribution in [3.63, 3.8) is 0 Å². The molecule has 14 heavy (non-hydrogen) atoms. The number of aliphatic hydroxyl groups is 1. The SMILES string of the molecule is CC(=O)Nc1c(C)ccc(Cl)c1CO. The molecule has 0 heterocycles. The normalized spacial score (nSPS) is 10.0. The molecule has 0 fully saturated rings. The largest absolute Gasteiger partial charge is 0.392 e. The summed E-state index contributed by atoms with van der Waals surface area (Å²) < 4.78 is 0. The Labute approximate surface area is 87.7 Å². The van der Waals surface area contributed by atoms with Gasteiger partial charge in [0.05, 0.1) is 12.3 Å². The van der Waals surface area contributed by atoms with E-state index in [1.165, 1.54) is 6.92 Å². The van der Waals surface area contributed by atoms with E-state index >= 15 is 0 Å². The van der Waals surface area contributed by atoms with Crippen LogP contribution in [0.4, 0.5) is 5.69 Å². The van der Waals surface area contributed by atoms with Crippen LogP contribution in [0.2, 0.25) is 5.02 Å². The highest BCUT2D eigenvalue weighted by Gasteiger charge is 2.09. The number of halogens is 1. The van der Waals surface area contributed by atoms with Crippen LogP contribution in [0.15, 0.2) is 12.1 Å². The molecule has 76 valence electrons. The summed E-state index contributed by atoms with van der Waals surface area (Å²) in [6.45, 7) is 3.08. The van der Waals surface area contributed by atoms with Crippen LogP contribution < -0.4 is 5.32 Å². The molecule has 1 rings (SSSR count). The Bertz CT molecular complexity index is 363. The summed E-state index contributed by atoms with van der Waals surface area (Å²) in [7, 11) is 0. The Hall–Kier alpha value is -1.06. The van der Waals surface area contributed by atoms with Gasteiger partial charge in [0.25, 0.3) is 0 Å². The van der Waals surface area contributed by atoms with Crippen LogP contribution in [0, 0.1) is 6.92 Å². The van der Waals surface area contributed by atoms with Crippen LogP contribution in [0.1, 0.15) is 18.1 Å². The van der Waals surface area contributed by atoms with Gasteiger partial charge in [-0.3, -0.25) is 4.79 Å². The number of nitrogens with one attached hydrogen (secondary N) is 1. The highest BCUT2D eigenvalue weighted by atomic mass is 35.5. The van der Waals surface area contributed by atoms with Gasteiger partial charge in [-0.2, -0.15) is 0 Å². The lowest BCUT2D eigenvalue weighted by molar-refractivity contribution is -0.114. The Morgan fingerprint density at radius 2 is 2.21 bits per heavy atom. The Kier molecular flexibility index (Phi) is 3.49. The highest BCUT2D eigenvalue weighted by molar-refractivity contribution is 6.31. The van der Waals surface area contributed by atoms with E-state index in [1.807, 2.05) is 6.92 Å². The molecule has 0 unspecified atom stereocenters. The van der Waals surface area contributed by atoms with Crippen molar-refractivity contribution in [3.05, 3.63) is 28.3 Å². The molecule has 0 radical (unpaired) electrons. The van der Waals surface area contributed by atoms with Crippen LogP contribution >= 0.6 is 11.6 Å². The number of aryl methyl sites for hydroxylation is 1. The van der Waals surface area contributed by atoms with E-state index in [2.05, 4.69) is 5.32 Å². The van der Waals surface area contributed by atoms with Gasteiger partial charge in [0.2, 0.25) is 5.91 Å². The predicted octanol–water partition coefficient (Wildman–Crippen LogP) is 2.10. The lowest BCUT2D eigenvalue weighted by Crippen LogP contribution is -2.10. The number of benzene rings is 1. The molecule has 1 aromatic carbocycles. The van der Waals surface area contributed by atoms with E-state index in [0.717, 1.165) is 5.56 Å². The van der Waals surface area contributed by atoms with Gasteiger partial charge in [0.1, 0.15) is 0 Å². The van der Waals surface area contributed by atoms with Gasteiger partial charge in [0, 0.05) is 17.5 Å². The first-order chi connectivity index (χ1) is 6.56. The van der Waals surface area contributed by atoms with E-state index < -0.39 is 0 Å². The number of hydrogen-bond donors (Lipinski definition) is 2. The third kappa shape index (κ3) is 2.25. The summed E-state index contributed by atoms with van der Waals surface area (Å²) >= 11 is 5.87. The standard InChI is InChI=1S/C10H12ClNO2/c1-6-3-4-9(11)8(5-13)10(6)12-7(2)14/h3-4,13H,5H2,1-2H3,(H,12,14). The van der Waals surface area contributed by atoms with Crippen LogP contribution in [-0.2, 0) is 11.4 Å². The van der Waals surface area contributed by atoms with Gasteiger partial charge in [-0.25, -0.2) is 0 Å². The van der Waals surface area contributed by atoms with E-state index in [0.29, 0.717) is 16.3 Å². The number of aliphatic hydroxyl groups excluding tert-OH is 1. The number of anilines is 1. The van der Waals surface area contributed by atoms with Gasteiger partial charge in [-0.1, -0.05) is 17.7 Å². The number of amides is 1. The van der Waals surface area contributed by atoms with Crippen LogP contribution in [-0.4, -0.2) is 11.0 Å². The summed E-state index contributed by atoms with van der Waals surface area (Å²) in [6.07, 6.45) is 0. The smallest absolute Gasteiger partial charge is 0.221 e. The average Bonchev–Trinajstić information content (AvgIpc) is 2.11. The first-order valence-corrected chi connectivity index (χ1v) is 4.60. The summed E-state index contributed by atoms with van der Waals surface area (Å²) in [6, 6.07) is 3.50. The lowest BCUT2D eigenvalue weighted by Gasteiger charge is -2.12. The molecule has 4 heteroatoms.